The highest BCUT2D eigenvalue weighted by molar-refractivity contribution is 7.92. The van der Waals surface area contributed by atoms with Crippen molar-refractivity contribution in [3.05, 3.63) is 68.5 Å². The van der Waals surface area contributed by atoms with Crippen LogP contribution >= 0.6 is 34.5 Å². The monoisotopic (exact) mass is 463 g/mol. The smallest absolute Gasteiger partial charge is 0.266 e. The number of nitrogens with zero attached hydrogens (tertiary/aromatic N) is 1. The van der Waals surface area contributed by atoms with Crippen molar-refractivity contribution in [3.63, 3.8) is 0 Å². The van der Waals surface area contributed by atoms with Gasteiger partial charge in [-0.2, -0.15) is 0 Å². The second-order valence-corrected chi connectivity index (χ2v) is 8.93. The predicted octanol–water partition coefficient (Wildman–Crippen LogP) is 5.70. The Morgan fingerprint density at radius 2 is 1.93 bits per heavy atom. The van der Waals surface area contributed by atoms with E-state index in [2.05, 4.69) is 15.0 Å². The largest absolute Gasteiger partial charge is 0.377 e. The average molecular weight is 464 g/mol. The van der Waals surface area contributed by atoms with E-state index in [1.807, 2.05) is 0 Å². The van der Waals surface area contributed by atoms with Gasteiger partial charge in [0, 0.05) is 16.0 Å². The van der Waals surface area contributed by atoms with E-state index in [9.17, 15) is 17.2 Å². The first-order valence-corrected chi connectivity index (χ1v) is 11.0. The van der Waals surface area contributed by atoms with E-state index < -0.39 is 37.6 Å². The van der Waals surface area contributed by atoms with E-state index in [-0.39, 0.29) is 17.1 Å². The fraction of sp³-hybridized carbons (Fsp3) is 0.118. The van der Waals surface area contributed by atoms with Gasteiger partial charge >= 0.3 is 0 Å². The molecule has 0 spiro atoms. The number of aromatic nitrogens is 1. The van der Waals surface area contributed by atoms with Gasteiger partial charge in [0.25, 0.3) is 10.0 Å². The van der Waals surface area contributed by atoms with Crippen molar-refractivity contribution in [2.24, 2.45) is 0 Å². The molecule has 5 nitrogen and oxygen atoms in total. The van der Waals surface area contributed by atoms with Gasteiger partial charge in [-0.15, -0.1) is 11.3 Å². The molecule has 28 heavy (non-hydrogen) atoms. The normalized spacial score (nSPS) is 12.6. The van der Waals surface area contributed by atoms with Crippen LogP contribution in [0.5, 0.6) is 0 Å². The summed E-state index contributed by atoms with van der Waals surface area (Å²) >= 11 is 13.1. The number of hydrogen-bond acceptors (Lipinski definition) is 5. The Morgan fingerprint density at radius 3 is 2.61 bits per heavy atom. The molecule has 3 rings (SSSR count). The molecule has 0 amide bonds. The molecule has 0 radical (unpaired) electrons. The Kier molecular flexibility index (Phi) is 6.09. The lowest BCUT2D eigenvalue weighted by molar-refractivity contribution is 0.570. The maximum atomic E-state index is 14.7. The molecule has 0 aliphatic carbocycles. The van der Waals surface area contributed by atoms with Gasteiger partial charge in [-0.3, -0.25) is 4.72 Å². The Balaban J connectivity index is 1.89. The third-order valence-corrected chi connectivity index (χ3v) is 6.37. The third kappa shape index (κ3) is 4.38. The van der Waals surface area contributed by atoms with Gasteiger partial charge in [0.05, 0.1) is 17.2 Å². The van der Waals surface area contributed by atoms with Crippen molar-refractivity contribution < 1.29 is 17.2 Å². The highest BCUT2D eigenvalue weighted by Crippen LogP contribution is 2.33. The van der Waals surface area contributed by atoms with Crippen LogP contribution in [0.4, 0.5) is 20.3 Å². The SMILES string of the molecule is C[C@H](Nc1ccc(S(=O)(=O)Nc2cscn2)c(F)c1Cl)c1cc(Cl)ccc1F. The van der Waals surface area contributed by atoms with E-state index in [4.69, 9.17) is 23.2 Å². The van der Waals surface area contributed by atoms with Crippen molar-refractivity contribution >= 4 is 56.1 Å². The summed E-state index contributed by atoms with van der Waals surface area (Å²) in [5.74, 6) is -1.55. The summed E-state index contributed by atoms with van der Waals surface area (Å²) < 4.78 is 55.6. The molecule has 0 fully saturated rings. The minimum Gasteiger partial charge on any atom is -0.377 e. The second-order valence-electron chi connectivity index (χ2n) is 5.75. The number of sulfonamides is 1. The summed E-state index contributed by atoms with van der Waals surface area (Å²) in [6, 6.07) is 5.84. The molecule has 1 aromatic heterocycles. The van der Waals surface area contributed by atoms with E-state index in [1.165, 1.54) is 46.5 Å². The van der Waals surface area contributed by atoms with Crippen LogP contribution in [0, 0.1) is 11.6 Å². The minimum absolute atomic E-state index is 0.0766. The number of nitrogens with one attached hydrogen (secondary N) is 2. The van der Waals surface area contributed by atoms with Crippen LogP contribution in [-0.4, -0.2) is 13.4 Å². The van der Waals surface area contributed by atoms with Gasteiger partial charge in [-0.05, 0) is 37.3 Å². The lowest BCUT2D eigenvalue weighted by Crippen LogP contribution is -2.16. The molecule has 1 atom stereocenters. The van der Waals surface area contributed by atoms with Gasteiger partial charge in [-0.1, -0.05) is 23.2 Å². The molecule has 0 aliphatic heterocycles. The summed E-state index contributed by atoms with van der Waals surface area (Å²) in [5.41, 5.74) is 1.80. The van der Waals surface area contributed by atoms with Crippen LogP contribution in [0.2, 0.25) is 10.0 Å². The van der Waals surface area contributed by atoms with E-state index >= 15 is 0 Å². The molecular weight excluding hydrogens is 451 g/mol. The Labute approximate surface area is 174 Å². The topological polar surface area (TPSA) is 71.1 Å². The van der Waals surface area contributed by atoms with Crippen LogP contribution in [0.25, 0.3) is 0 Å². The molecule has 0 saturated heterocycles. The lowest BCUT2D eigenvalue weighted by atomic mass is 10.1. The first kappa shape index (κ1) is 20.8. The van der Waals surface area contributed by atoms with Gasteiger partial charge in [0.1, 0.15) is 15.7 Å². The highest BCUT2D eigenvalue weighted by Gasteiger charge is 2.24. The molecule has 0 bridgehead atoms. The molecular formula is C17H13Cl2F2N3O2S2. The molecule has 2 N–H and O–H groups in total. The summed E-state index contributed by atoms with van der Waals surface area (Å²) in [5, 5.41) is 4.24. The number of benzene rings is 2. The van der Waals surface area contributed by atoms with Crippen LogP contribution in [0.15, 0.2) is 46.1 Å². The number of anilines is 2. The van der Waals surface area contributed by atoms with Crippen molar-refractivity contribution in [1.29, 1.82) is 0 Å². The molecule has 3 aromatic rings. The summed E-state index contributed by atoms with van der Waals surface area (Å²) in [6.45, 7) is 1.64. The Hall–Kier alpha value is -1.94. The number of hydrogen-bond donors (Lipinski definition) is 2. The second kappa shape index (κ2) is 8.20. The summed E-state index contributed by atoms with van der Waals surface area (Å²) in [4.78, 5) is 3.17. The predicted molar refractivity (Wildman–Crippen MR) is 108 cm³/mol. The standard InChI is InChI=1S/C17H13Cl2F2N3O2S2/c1-9(11-6-10(18)2-3-12(11)20)23-13-4-5-14(17(21)16(13)19)28(25,26)24-15-7-27-8-22-15/h2-9,23-24H,1H3/t9-/m0/s1. The molecule has 0 saturated carbocycles. The van der Waals surface area contributed by atoms with E-state index in [1.54, 1.807) is 6.92 Å². The van der Waals surface area contributed by atoms with Gasteiger partial charge in [-0.25, -0.2) is 22.2 Å². The van der Waals surface area contributed by atoms with Crippen LogP contribution < -0.4 is 10.0 Å². The summed E-state index contributed by atoms with van der Waals surface area (Å²) in [6.07, 6.45) is 0. The first-order chi connectivity index (χ1) is 13.2. The minimum atomic E-state index is -4.22. The molecule has 11 heteroatoms. The zero-order chi connectivity index (χ0) is 20.5. The zero-order valence-electron chi connectivity index (χ0n) is 14.2. The molecule has 0 aliphatic rings. The maximum Gasteiger partial charge on any atom is 0.266 e. The van der Waals surface area contributed by atoms with E-state index in [0.29, 0.717) is 5.02 Å². The maximum absolute atomic E-state index is 14.7. The summed E-state index contributed by atoms with van der Waals surface area (Å²) in [7, 11) is -4.22. The fourth-order valence-corrected chi connectivity index (χ4v) is 4.56. The molecule has 148 valence electrons. The lowest BCUT2D eigenvalue weighted by Gasteiger charge is -2.18. The number of rotatable bonds is 6. The van der Waals surface area contributed by atoms with Gasteiger partial charge < -0.3 is 5.32 Å². The van der Waals surface area contributed by atoms with Gasteiger partial charge in [0.2, 0.25) is 0 Å². The van der Waals surface area contributed by atoms with Crippen LogP contribution in [-0.2, 0) is 10.0 Å². The molecule has 1 heterocycles. The Bertz CT molecular complexity index is 1110. The Morgan fingerprint density at radius 1 is 1.18 bits per heavy atom. The molecule has 2 aromatic carbocycles. The highest BCUT2D eigenvalue weighted by atomic mass is 35.5. The van der Waals surface area contributed by atoms with Crippen molar-refractivity contribution in [3.8, 4) is 0 Å². The fourth-order valence-electron chi connectivity index (χ4n) is 2.46. The van der Waals surface area contributed by atoms with Crippen LogP contribution in [0.3, 0.4) is 0 Å². The molecule has 0 unspecified atom stereocenters. The number of thiazole rings is 1. The van der Waals surface area contributed by atoms with Crippen molar-refractivity contribution in [1.82, 2.24) is 4.98 Å². The quantitative estimate of drug-likeness (QED) is 0.491. The third-order valence-electron chi connectivity index (χ3n) is 3.80. The zero-order valence-corrected chi connectivity index (χ0v) is 17.4. The van der Waals surface area contributed by atoms with E-state index in [0.717, 1.165) is 6.07 Å². The number of halogens is 4. The van der Waals surface area contributed by atoms with Crippen LogP contribution in [0.1, 0.15) is 18.5 Å². The first-order valence-electron chi connectivity index (χ1n) is 7.79. The van der Waals surface area contributed by atoms with Crippen molar-refractivity contribution in [2.75, 3.05) is 10.0 Å². The van der Waals surface area contributed by atoms with Crippen molar-refractivity contribution in [2.45, 2.75) is 17.9 Å². The average Bonchev–Trinajstić information content (AvgIpc) is 3.13. The van der Waals surface area contributed by atoms with Gasteiger partial charge in [0.15, 0.2) is 11.6 Å².